The van der Waals surface area contributed by atoms with Gasteiger partial charge in [0.25, 0.3) is 5.91 Å². The molecular weight excluding hydrogens is 450 g/mol. The number of quaternary nitrogens is 1. The van der Waals surface area contributed by atoms with Crippen molar-refractivity contribution in [1.82, 2.24) is 0 Å². The van der Waals surface area contributed by atoms with E-state index in [0.717, 1.165) is 41.4 Å². The third kappa shape index (κ3) is 4.72. The molecule has 1 aliphatic heterocycles. The second kappa shape index (κ2) is 9.60. The number of rotatable bonds is 7. The van der Waals surface area contributed by atoms with Crippen LogP contribution in [0.5, 0.6) is 0 Å². The molecule has 1 amide bonds. The van der Waals surface area contributed by atoms with Crippen molar-refractivity contribution in [2.24, 2.45) is 0 Å². The summed E-state index contributed by atoms with van der Waals surface area (Å²) < 4.78 is 5.26. The molecule has 0 spiro atoms. The number of benzene rings is 1. The van der Waals surface area contributed by atoms with Crippen LogP contribution in [-0.2, 0) is 24.2 Å². The number of thiophene rings is 2. The van der Waals surface area contributed by atoms with Crippen molar-refractivity contribution in [1.29, 1.82) is 0 Å². The van der Waals surface area contributed by atoms with Gasteiger partial charge in [0.2, 0.25) is 0 Å². The second-order valence-electron chi connectivity index (χ2n) is 7.37. The van der Waals surface area contributed by atoms with Gasteiger partial charge in [0.15, 0.2) is 0 Å². The standard InChI is InChI=1S/C22H21N3O5S2/c1-2-30-22(27)19-15-10-11-24(12-14-6-4-3-5-7-14)13-17(15)32-21(19)23-20(26)16-8-9-18(31-16)25(28)29/h3-9H,2,10-13H2,1H3,(H,23,26)/p+1. The van der Waals surface area contributed by atoms with E-state index in [0.29, 0.717) is 17.0 Å². The van der Waals surface area contributed by atoms with Crippen molar-refractivity contribution in [3.63, 3.8) is 0 Å². The summed E-state index contributed by atoms with van der Waals surface area (Å²) in [5, 5.41) is 14.1. The van der Waals surface area contributed by atoms with E-state index < -0.39 is 16.8 Å². The Morgan fingerprint density at radius 3 is 2.66 bits per heavy atom. The summed E-state index contributed by atoms with van der Waals surface area (Å²) >= 11 is 2.19. The van der Waals surface area contributed by atoms with Crippen molar-refractivity contribution in [3.8, 4) is 0 Å². The fourth-order valence-electron chi connectivity index (χ4n) is 3.79. The lowest BCUT2D eigenvalue weighted by molar-refractivity contribution is -0.929. The summed E-state index contributed by atoms with van der Waals surface area (Å²) in [6.07, 6.45) is 0.711. The first-order chi connectivity index (χ1) is 15.5. The van der Waals surface area contributed by atoms with Crippen molar-refractivity contribution >= 4 is 44.6 Å². The zero-order valence-corrected chi connectivity index (χ0v) is 19.0. The summed E-state index contributed by atoms with van der Waals surface area (Å²) in [5.41, 5.74) is 2.59. The highest BCUT2D eigenvalue weighted by molar-refractivity contribution is 7.18. The second-order valence-corrected chi connectivity index (χ2v) is 9.53. The maximum atomic E-state index is 12.7. The molecule has 1 aliphatic rings. The van der Waals surface area contributed by atoms with Crippen LogP contribution in [-0.4, -0.2) is 30.0 Å². The lowest BCUT2D eigenvalue weighted by atomic mass is 10.0. The molecule has 32 heavy (non-hydrogen) atoms. The van der Waals surface area contributed by atoms with Crippen molar-refractivity contribution in [2.75, 3.05) is 18.5 Å². The molecule has 4 rings (SSSR count). The van der Waals surface area contributed by atoms with Crippen LogP contribution in [0.3, 0.4) is 0 Å². The van der Waals surface area contributed by atoms with Crippen LogP contribution in [0.15, 0.2) is 42.5 Å². The molecule has 0 aliphatic carbocycles. The average Bonchev–Trinajstić information content (AvgIpc) is 3.39. The van der Waals surface area contributed by atoms with Crippen LogP contribution in [0, 0.1) is 10.1 Å². The minimum atomic E-state index is -0.528. The number of anilines is 1. The molecule has 0 saturated heterocycles. The quantitative estimate of drug-likeness (QED) is 0.312. The Bertz CT molecular complexity index is 1160. The van der Waals surface area contributed by atoms with Gasteiger partial charge < -0.3 is 15.0 Å². The van der Waals surface area contributed by atoms with E-state index in [1.54, 1.807) is 6.92 Å². The van der Waals surface area contributed by atoms with E-state index >= 15 is 0 Å². The monoisotopic (exact) mass is 472 g/mol. The minimum absolute atomic E-state index is 0.105. The van der Waals surface area contributed by atoms with Gasteiger partial charge in [-0.05, 0) is 18.6 Å². The molecule has 0 bridgehead atoms. The molecule has 0 radical (unpaired) electrons. The summed E-state index contributed by atoms with van der Waals surface area (Å²) in [7, 11) is 0. The number of nitrogens with one attached hydrogen (secondary N) is 2. The molecule has 3 aromatic rings. The topological polar surface area (TPSA) is 103 Å². The number of nitrogens with zero attached hydrogens (tertiary/aromatic N) is 1. The van der Waals surface area contributed by atoms with Crippen molar-refractivity contribution in [2.45, 2.75) is 26.4 Å². The summed E-state index contributed by atoms with van der Waals surface area (Å²) in [6.45, 7) is 4.48. The largest absolute Gasteiger partial charge is 0.462 e. The normalized spacial score (nSPS) is 15.1. The van der Waals surface area contributed by atoms with Gasteiger partial charge in [-0.1, -0.05) is 41.7 Å². The van der Waals surface area contributed by atoms with E-state index in [9.17, 15) is 19.7 Å². The van der Waals surface area contributed by atoms with E-state index in [1.807, 2.05) is 18.2 Å². The Morgan fingerprint density at radius 2 is 1.97 bits per heavy atom. The predicted octanol–water partition coefficient (Wildman–Crippen LogP) is 3.29. The van der Waals surface area contributed by atoms with E-state index in [1.165, 1.54) is 33.9 Å². The Balaban J connectivity index is 1.58. The SMILES string of the molecule is CCOC(=O)c1c(NC(=O)c2ccc([N+](=O)[O-])s2)sc2c1CC[NH+](Cc1ccccc1)C2. The first-order valence-electron chi connectivity index (χ1n) is 10.2. The number of ether oxygens (including phenoxy) is 1. The average molecular weight is 473 g/mol. The van der Waals surface area contributed by atoms with Gasteiger partial charge in [-0.3, -0.25) is 14.9 Å². The van der Waals surface area contributed by atoms with Gasteiger partial charge in [0.05, 0.1) is 33.4 Å². The highest BCUT2D eigenvalue weighted by Gasteiger charge is 2.31. The molecule has 0 fully saturated rings. The van der Waals surface area contributed by atoms with Crippen molar-refractivity contribution in [3.05, 3.63) is 79.0 Å². The number of amides is 1. The fourth-order valence-corrected chi connectivity index (χ4v) is 5.81. The first-order valence-corrected chi connectivity index (χ1v) is 11.8. The van der Waals surface area contributed by atoms with E-state index in [4.69, 9.17) is 4.74 Å². The lowest BCUT2D eigenvalue weighted by Crippen LogP contribution is -3.10. The number of carbonyl (C=O) groups excluding carboxylic acids is 2. The zero-order chi connectivity index (χ0) is 22.7. The maximum Gasteiger partial charge on any atom is 0.341 e. The van der Waals surface area contributed by atoms with Crippen LogP contribution in [0.25, 0.3) is 0 Å². The summed E-state index contributed by atoms with van der Waals surface area (Å²) in [5.74, 6) is -0.926. The first kappa shape index (κ1) is 22.1. The fraction of sp³-hybridized carbons (Fsp3) is 0.273. The van der Waals surface area contributed by atoms with Gasteiger partial charge >= 0.3 is 11.0 Å². The Kier molecular flexibility index (Phi) is 6.63. The molecule has 10 heteroatoms. The van der Waals surface area contributed by atoms with Gasteiger partial charge in [-0.2, -0.15) is 0 Å². The lowest BCUT2D eigenvalue weighted by Gasteiger charge is -2.24. The molecule has 2 N–H and O–H groups in total. The smallest absolute Gasteiger partial charge is 0.341 e. The number of esters is 1. The molecule has 8 nitrogen and oxygen atoms in total. The number of hydrogen-bond donors (Lipinski definition) is 2. The number of carbonyl (C=O) groups is 2. The molecule has 166 valence electrons. The molecule has 1 aromatic carbocycles. The molecule has 0 saturated carbocycles. The maximum absolute atomic E-state index is 12.7. The van der Waals surface area contributed by atoms with Crippen LogP contribution < -0.4 is 10.2 Å². The highest BCUT2D eigenvalue weighted by atomic mass is 32.1. The summed E-state index contributed by atoms with van der Waals surface area (Å²) in [4.78, 5) is 38.5. The Morgan fingerprint density at radius 1 is 1.19 bits per heavy atom. The van der Waals surface area contributed by atoms with Crippen LogP contribution >= 0.6 is 22.7 Å². The van der Waals surface area contributed by atoms with E-state index in [2.05, 4.69) is 17.4 Å². The van der Waals surface area contributed by atoms with Gasteiger partial charge in [0.1, 0.15) is 18.1 Å². The van der Waals surface area contributed by atoms with Gasteiger partial charge in [-0.25, -0.2) is 4.79 Å². The minimum Gasteiger partial charge on any atom is -0.462 e. The zero-order valence-electron chi connectivity index (χ0n) is 17.4. The third-order valence-corrected chi connectivity index (χ3v) is 7.41. The Labute approximate surface area is 192 Å². The molecule has 1 atom stereocenters. The molecule has 1 unspecified atom stereocenters. The van der Waals surface area contributed by atoms with E-state index in [-0.39, 0.29) is 16.5 Å². The van der Waals surface area contributed by atoms with Crippen molar-refractivity contribution < 1.29 is 24.1 Å². The number of nitro groups is 1. The summed E-state index contributed by atoms with van der Waals surface area (Å²) in [6, 6.07) is 13.0. The third-order valence-electron chi connectivity index (χ3n) is 5.23. The van der Waals surface area contributed by atoms with Crippen LogP contribution in [0.4, 0.5) is 10.0 Å². The van der Waals surface area contributed by atoms with Crippen LogP contribution in [0.1, 0.15) is 43.0 Å². The number of fused-ring (bicyclic) bond motifs is 1. The highest BCUT2D eigenvalue weighted by Crippen LogP contribution is 2.36. The van der Waals surface area contributed by atoms with Gasteiger partial charge in [-0.15, -0.1) is 11.3 Å². The molecule has 2 aromatic heterocycles. The van der Waals surface area contributed by atoms with Crippen LogP contribution in [0.2, 0.25) is 0 Å². The Hall–Kier alpha value is -3.08. The molecular formula is C22H22N3O5S2+. The molecule has 3 heterocycles. The van der Waals surface area contributed by atoms with Gasteiger partial charge in [0, 0.05) is 18.1 Å². The predicted molar refractivity (Wildman–Crippen MR) is 123 cm³/mol. The number of hydrogen-bond acceptors (Lipinski definition) is 7.